The second kappa shape index (κ2) is 10.8. The fourth-order valence-corrected chi connectivity index (χ4v) is 4.74. The number of pyridine rings is 1. The summed E-state index contributed by atoms with van der Waals surface area (Å²) in [7, 11) is 29.1. The lowest BCUT2D eigenvalue weighted by molar-refractivity contribution is 0.0947. The Morgan fingerprint density at radius 2 is 1.80 bits per heavy atom. The number of hydrogen-bond acceptors (Lipinski definition) is 5. The minimum atomic E-state index is -1.91. The molecule has 3 heterocycles. The Bertz CT molecular complexity index is 1410. The molecule has 194 valence electrons. The molecule has 7 nitrogen and oxygen atoms in total. The molecule has 40 heavy (non-hydrogen) atoms. The number of likely N-dealkylation sites (tertiary alicyclic amines) is 1. The van der Waals surface area contributed by atoms with Crippen LogP contribution in [-0.4, -0.2) is 101 Å². The average molecular weight is 530 g/mol. The van der Waals surface area contributed by atoms with Gasteiger partial charge in [-0.1, -0.05) is 5.34 Å². The molecule has 1 saturated carbocycles. The minimum absolute atomic E-state index is 0.0270. The molecule has 2 atom stereocenters. The predicted molar refractivity (Wildman–Crippen MR) is 155 cm³/mol. The summed E-state index contributed by atoms with van der Waals surface area (Å²) in [4.78, 5) is 18.3. The van der Waals surface area contributed by atoms with E-state index in [1.807, 2.05) is 6.07 Å². The van der Waals surface area contributed by atoms with Gasteiger partial charge in [0.2, 0.25) is 0 Å². The molecule has 1 saturated heterocycles. The van der Waals surface area contributed by atoms with Gasteiger partial charge in [0.1, 0.15) is 12.0 Å². The van der Waals surface area contributed by atoms with Gasteiger partial charge in [-0.05, 0) is 56.5 Å². The van der Waals surface area contributed by atoms with Crippen molar-refractivity contribution in [1.82, 2.24) is 25.0 Å². The zero-order chi connectivity index (χ0) is 28.8. The molecule has 2 fully saturated rings. The van der Waals surface area contributed by atoms with Gasteiger partial charge in [0.05, 0.1) is 68.4 Å². The van der Waals surface area contributed by atoms with E-state index in [2.05, 4.69) is 20.7 Å². The van der Waals surface area contributed by atoms with E-state index in [0.29, 0.717) is 29.9 Å². The highest BCUT2D eigenvalue weighted by Crippen LogP contribution is 2.33. The molecule has 5 rings (SSSR count). The molecular weight excluding hydrogens is 504 g/mol. The van der Waals surface area contributed by atoms with Gasteiger partial charge in [-0.25, -0.2) is 13.5 Å². The molecule has 2 unspecified atom stereocenters. The second-order valence-electron chi connectivity index (χ2n) is 10.8. The molecule has 1 aliphatic heterocycles. The van der Waals surface area contributed by atoms with Crippen LogP contribution in [0.2, 0.25) is 5.11 Å². The summed E-state index contributed by atoms with van der Waals surface area (Å²) in [6.07, 6.45) is 7.52. The molecule has 3 aromatic rings. The first-order valence-corrected chi connectivity index (χ1v) is 13.0. The number of carbonyl (C=O) groups is 1. The van der Waals surface area contributed by atoms with Crippen LogP contribution in [0.5, 0.6) is 0 Å². The molecule has 1 aromatic carbocycles. The highest BCUT2D eigenvalue weighted by Gasteiger charge is 2.40. The van der Waals surface area contributed by atoms with E-state index in [-0.39, 0.29) is 18.2 Å². The van der Waals surface area contributed by atoms with Crippen LogP contribution in [0.15, 0.2) is 43.0 Å². The number of aromatic nitrogens is 3. The number of aryl methyl sites for hydroxylation is 1. The van der Waals surface area contributed by atoms with E-state index in [9.17, 15) is 9.18 Å². The van der Waals surface area contributed by atoms with Gasteiger partial charge in [0.25, 0.3) is 5.91 Å². The van der Waals surface area contributed by atoms with Crippen LogP contribution in [0.1, 0.15) is 35.2 Å². The standard InChI is InChI=1S/C26H25B5F2N6O/c1-14-6-20(32)19(24(40)37-17-2-3-17)8-23(14)39-12-16(10-35-39)15-7-18(11-34-9-15)36-22-4-5-38(13-21(22)33)26(30,31)25(27,28)29/h6-12,17,21-22,36H,2-5,13H2,1H3,(H,37,40). The molecule has 14 heteroatoms. The summed E-state index contributed by atoms with van der Waals surface area (Å²) in [5.41, 5.74) is 3.26. The van der Waals surface area contributed by atoms with Gasteiger partial charge in [-0.3, -0.25) is 9.78 Å². The fraction of sp³-hybridized carbons (Fsp3) is 0.423. The Labute approximate surface area is 239 Å². The SMILES string of the molecule is [B]C([B])([B])C([B])([B])N1CCC(Nc2cncc(-c3cnn(-c4cc(C(=O)NC5CC5)c(F)cc4C)c3)c2)C(F)C1. The third-order valence-electron chi connectivity index (χ3n) is 7.45. The molecule has 0 spiro atoms. The van der Waals surface area contributed by atoms with Gasteiger partial charge < -0.3 is 15.5 Å². The lowest BCUT2D eigenvalue weighted by Crippen LogP contribution is -2.64. The van der Waals surface area contributed by atoms with Crippen LogP contribution in [0.25, 0.3) is 16.8 Å². The highest BCUT2D eigenvalue weighted by atomic mass is 19.1. The Morgan fingerprint density at radius 1 is 1.05 bits per heavy atom. The minimum Gasteiger partial charge on any atom is -0.378 e. The number of nitrogens with zero attached hydrogens (tertiary/aromatic N) is 4. The molecule has 1 amide bonds. The first kappa shape index (κ1) is 28.5. The van der Waals surface area contributed by atoms with Crippen molar-refractivity contribution in [1.29, 1.82) is 0 Å². The number of rotatable bonds is 8. The number of benzene rings is 1. The van der Waals surface area contributed by atoms with Crippen molar-refractivity contribution >= 4 is 50.8 Å². The number of nitrogens with one attached hydrogen (secondary N) is 2. The molecule has 2 N–H and O–H groups in total. The number of alkyl halides is 1. The van der Waals surface area contributed by atoms with Crippen molar-refractivity contribution in [2.45, 2.75) is 54.9 Å². The zero-order valence-corrected chi connectivity index (χ0v) is 22.1. The fourth-order valence-electron chi connectivity index (χ4n) is 4.74. The summed E-state index contributed by atoms with van der Waals surface area (Å²) in [5, 5.41) is 6.75. The number of amides is 1. The summed E-state index contributed by atoms with van der Waals surface area (Å²) < 4.78 is 31.3. The third kappa shape index (κ3) is 5.87. The van der Waals surface area contributed by atoms with E-state index < -0.39 is 34.4 Å². The van der Waals surface area contributed by atoms with Crippen LogP contribution in [0.3, 0.4) is 0 Å². The smallest absolute Gasteiger partial charge is 0.254 e. The maximum Gasteiger partial charge on any atom is 0.254 e. The van der Waals surface area contributed by atoms with E-state index >= 15 is 4.39 Å². The van der Waals surface area contributed by atoms with E-state index in [1.54, 1.807) is 36.4 Å². The normalized spacial score (nSPS) is 20.3. The van der Waals surface area contributed by atoms with Gasteiger partial charge >= 0.3 is 0 Å². The number of hydrogen-bond donors (Lipinski definition) is 2. The van der Waals surface area contributed by atoms with Crippen LogP contribution >= 0.6 is 0 Å². The van der Waals surface area contributed by atoms with Crippen molar-refractivity contribution in [3.05, 3.63) is 59.9 Å². The Kier molecular flexibility index (Phi) is 7.67. The van der Waals surface area contributed by atoms with Crippen molar-refractivity contribution < 1.29 is 13.6 Å². The molecule has 1 aliphatic carbocycles. The Hall–Kier alpha value is -3.01. The first-order chi connectivity index (χ1) is 18.8. The second-order valence-corrected chi connectivity index (χ2v) is 10.8. The lowest BCUT2D eigenvalue weighted by Gasteiger charge is -2.53. The van der Waals surface area contributed by atoms with Gasteiger partial charge in [-0.2, -0.15) is 5.10 Å². The number of piperidine rings is 1. The quantitative estimate of drug-likeness (QED) is 0.435. The maximum absolute atomic E-state index is 15.1. The zero-order valence-electron chi connectivity index (χ0n) is 22.1. The topological polar surface area (TPSA) is 75.1 Å². The van der Waals surface area contributed by atoms with Crippen LogP contribution in [0.4, 0.5) is 14.5 Å². The van der Waals surface area contributed by atoms with Crippen molar-refractivity contribution in [2.24, 2.45) is 0 Å². The van der Waals surface area contributed by atoms with Crippen LogP contribution in [0, 0.1) is 12.7 Å². The highest BCUT2D eigenvalue weighted by molar-refractivity contribution is 6.67. The van der Waals surface area contributed by atoms with Crippen molar-refractivity contribution in [2.75, 3.05) is 18.4 Å². The van der Waals surface area contributed by atoms with E-state index in [1.165, 1.54) is 17.0 Å². The first-order valence-electron chi connectivity index (χ1n) is 13.0. The van der Waals surface area contributed by atoms with Gasteiger partial charge in [-0.15, -0.1) is 5.11 Å². The van der Waals surface area contributed by atoms with Crippen molar-refractivity contribution in [3.63, 3.8) is 0 Å². The van der Waals surface area contributed by atoms with Crippen LogP contribution < -0.4 is 10.6 Å². The monoisotopic (exact) mass is 530 g/mol. The van der Waals surface area contributed by atoms with Crippen molar-refractivity contribution in [3.8, 4) is 16.8 Å². The summed E-state index contributed by atoms with van der Waals surface area (Å²) in [6, 6.07) is 4.25. The Balaban J connectivity index is 1.30. The summed E-state index contributed by atoms with van der Waals surface area (Å²) in [6.45, 7) is 1.98. The molecular formula is C26H25B5F2N6O. The third-order valence-corrected chi connectivity index (χ3v) is 7.45. The predicted octanol–water partition coefficient (Wildman–Crippen LogP) is 1.67. The Morgan fingerprint density at radius 3 is 2.48 bits per heavy atom. The largest absolute Gasteiger partial charge is 0.378 e. The number of halogens is 2. The van der Waals surface area contributed by atoms with Gasteiger partial charge in [0, 0.05) is 42.3 Å². The van der Waals surface area contributed by atoms with E-state index in [0.717, 1.165) is 24.0 Å². The van der Waals surface area contributed by atoms with Gasteiger partial charge in [0.15, 0.2) is 0 Å². The number of carbonyl (C=O) groups excluding carboxylic acids is 1. The van der Waals surface area contributed by atoms with Crippen LogP contribution in [-0.2, 0) is 0 Å². The maximum atomic E-state index is 15.1. The molecule has 2 aliphatic rings. The summed E-state index contributed by atoms with van der Waals surface area (Å²) in [5.74, 6) is -1.02. The average Bonchev–Trinajstić information content (AvgIpc) is 3.56. The number of anilines is 1. The molecule has 0 bridgehead atoms. The molecule has 10 radical (unpaired) electrons. The van der Waals surface area contributed by atoms with E-state index in [4.69, 9.17) is 39.2 Å². The lowest BCUT2D eigenvalue weighted by atomic mass is 9.26. The molecule has 2 aromatic heterocycles. The summed E-state index contributed by atoms with van der Waals surface area (Å²) >= 11 is 0.